The van der Waals surface area contributed by atoms with Crippen LogP contribution in [0.4, 0.5) is 4.79 Å². The standard InChI is InChI=1S/C5H11NO2.2ClH/c1-2-3-4-6-5(7)8;;/h6H,2-4H2,1H3,(H,7,8);2*1H. The van der Waals surface area contributed by atoms with E-state index >= 15 is 0 Å². The second kappa shape index (κ2) is 11.6. The molecule has 0 saturated carbocycles. The van der Waals surface area contributed by atoms with E-state index in [1.807, 2.05) is 6.92 Å². The van der Waals surface area contributed by atoms with Crippen LogP contribution in [0.5, 0.6) is 0 Å². The zero-order valence-electron chi connectivity index (χ0n) is 5.79. The van der Waals surface area contributed by atoms with E-state index in [1.54, 1.807) is 0 Å². The van der Waals surface area contributed by atoms with Gasteiger partial charge in [0.2, 0.25) is 0 Å². The second-order valence-electron chi connectivity index (χ2n) is 1.59. The predicted octanol–water partition coefficient (Wildman–Crippen LogP) is 1.90. The van der Waals surface area contributed by atoms with Gasteiger partial charge in [-0.3, -0.25) is 0 Å². The molecule has 2 N–H and O–H groups in total. The van der Waals surface area contributed by atoms with E-state index in [0.29, 0.717) is 6.54 Å². The minimum Gasteiger partial charge on any atom is -0.465 e. The number of hydrogen-bond acceptors (Lipinski definition) is 1. The first kappa shape index (κ1) is 16.4. The largest absolute Gasteiger partial charge is 0.465 e. The lowest BCUT2D eigenvalue weighted by molar-refractivity contribution is 0.194. The molecule has 64 valence electrons. The second-order valence-corrected chi connectivity index (χ2v) is 1.59. The molecule has 3 nitrogen and oxygen atoms in total. The highest BCUT2D eigenvalue weighted by molar-refractivity contribution is 5.85. The van der Waals surface area contributed by atoms with Gasteiger partial charge in [0.25, 0.3) is 0 Å². The third kappa shape index (κ3) is 15.7. The van der Waals surface area contributed by atoms with Gasteiger partial charge in [0.1, 0.15) is 0 Å². The first-order valence-electron chi connectivity index (χ1n) is 2.74. The molecule has 0 heterocycles. The van der Waals surface area contributed by atoms with Gasteiger partial charge in [-0.2, -0.15) is 0 Å². The molecule has 0 aromatic rings. The Labute approximate surface area is 73.0 Å². The Morgan fingerprint density at radius 3 is 2.30 bits per heavy atom. The Bertz CT molecular complexity index is 80.0. The SMILES string of the molecule is CCCCNC(=O)O.Cl.Cl. The zero-order valence-corrected chi connectivity index (χ0v) is 7.43. The van der Waals surface area contributed by atoms with E-state index in [1.165, 1.54) is 0 Å². The van der Waals surface area contributed by atoms with Crippen molar-refractivity contribution in [1.82, 2.24) is 5.32 Å². The van der Waals surface area contributed by atoms with Crippen LogP contribution in [-0.2, 0) is 0 Å². The monoisotopic (exact) mass is 189 g/mol. The Balaban J connectivity index is -0.000000245. The van der Waals surface area contributed by atoms with Gasteiger partial charge in [-0.05, 0) is 6.42 Å². The number of nitrogens with one attached hydrogen (secondary N) is 1. The van der Waals surface area contributed by atoms with Crippen molar-refractivity contribution in [1.29, 1.82) is 0 Å². The van der Waals surface area contributed by atoms with Gasteiger partial charge in [-0.15, -0.1) is 24.8 Å². The maximum Gasteiger partial charge on any atom is 0.404 e. The molecule has 0 aliphatic heterocycles. The van der Waals surface area contributed by atoms with Gasteiger partial charge < -0.3 is 10.4 Å². The summed E-state index contributed by atoms with van der Waals surface area (Å²) in [6, 6.07) is 0. The van der Waals surface area contributed by atoms with E-state index in [-0.39, 0.29) is 24.8 Å². The molecule has 0 aromatic carbocycles. The maximum atomic E-state index is 9.76. The molecule has 5 heteroatoms. The molecule has 0 rings (SSSR count). The van der Waals surface area contributed by atoms with Gasteiger partial charge in [0.15, 0.2) is 0 Å². The molecule has 0 radical (unpaired) electrons. The van der Waals surface area contributed by atoms with Crippen molar-refractivity contribution < 1.29 is 9.90 Å². The summed E-state index contributed by atoms with van der Waals surface area (Å²) in [6.45, 7) is 2.59. The average molecular weight is 190 g/mol. The Morgan fingerprint density at radius 1 is 1.50 bits per heavy atom. The van der Waals surface area contributed by atoms with Crippen LogP contribution >= 0.6 is 24.8 Å². The summed E-state index contributed by atoms with van der Waals surface area (Å²) in [6.07, 6.45) is 1.02. The fourth-order valence-electron chi connectivity index (χ4n) is 0.372. The highest BCUT2D eigenvalue weighted by Crippen LogP contribution is 1.80. The molecule has 0 spiro atoms. The van der Waals surface area contributed by atoms with Gasteiger partial charge in [-0.1, -0.05) is 13.3 Å². The van der Waals surface area contributed by atoms with Crippen molar-refractivity contribution in [3.05, 3.63) is 0 Å². The Morgan fingerprint density at radius 2 is 2.00 bits per heavy atom. The van der Waals surface area contributed by atoms with Crippen molar-refractivity contribution in [2.45, 2.75) is 19.8 Å². The maximum absolute atomic E-state index is 9.76. The van der Waals surface area contributed by atoms with E-state index < -0.39 is 6.09 Å². The number of unbranched alkanes of at least 4 members (excludes halogenated alkanes) is 1. The lowest BCUT2D eigenvalue weighted by Crippen LogP contribution is -2.21. The molecular formula is C5H13Cl2NO2. The van der Waals surface area contributed by atoms with Crippen LogP contribution in [0.1, 0.15) is 19.8 Å². The lowest BCUT2D eigenvalue weighted by Gasteiger charge is -1.94. The third-order valence-electron chi connectivity index (χ3n) is 0.807. The smallest absolute Gasteiger partial charge is 0.404 e. The summed E-state index contributed by atoms with van der Waals surface area (Å²) < 4.78 is 0. The van der Waals surface area contributed by atoms with Crippen molar-refractivity contribution in [3.63, 3.8) is 0 Å². The van der Waals surface area contributed by atoms with Crippen molar-refractivity contribution >= 4 is 30.9 Å². The topological polar surface area (TPSA) is 49.3 Å². The van der Waals surface area contributed by atoms with E-state index in [0.717, 1.165) is 12.8 Å². The van der Waals surface area contributed by atoms with E-state index in [2.05, 4.69) is 5.32 Å². The molecule has 0 aliphatic rings. The Hall–Kier alpha value is -0.150. The number of hydrogen-bond donors (Lipinski definition) is 2. The van der Waals surface area contributed by atoms with Crippen molar-refractivity contribution in [3.8, 4) is 0 Å². The molecule has 1 amide bonds. The molecule has 0 atom stereocenters. The van der Waals surface area contributed by atoms with Gasteiger partial charge in [0.05, 0.1) is 0 Å². The number of amides is 1. The van der Waals surface area contributed by atoms with Gasteiger partial charge in [0, 0.05) is 6.54 Å². The predicted molar refractivity (Wildman–Crippen MR) is 45.4 cm³/mol. The third-order valence-corrected chi connectivity index (χ3v) is 0.807. The average Bonchev–Trinajstić information content (AvgIpc) is 1.66. The van der Waals surface area contributed by atoms with Crippen LogP contribution < -0.4 is 5.32 Å². The van der Waals surface area contributed by atoms with Crippen LogP contribution in [0.25, 0.3) is 0 Å². The molecule has 0 bridgehead atoms. The van der Waals surface area contributed by atoms with Gasteiger partial charge >= 0.3 is 6.09 Å². The van der Waals surface area contributed by atoms with E-state index in [4.69, 9.17) is 5.11 Å². The fraction of sp³-hybridized carbons (Fsp3) is 0.800. The lowest BCUT2D eigenvalue weighted by atomic mass is 10.3. The van der Waals surface area contributed by atoms with Crippen LogP contribution in [0.15, 0.2) is 0 Å². The quantitative estimate of drug-likeness (QED) is 0.667. The summed E-state index contributed by atoms with van der Waals surface area (Å²) in [7, 11) is 0. The van der Waals surface area contributed by atoms with Gasteiger partial charge in [-0.25, -0.2) is 4.79 Å². The molecule has 0 aliphatic carbocycles. The summed E-state index contributed by atoms with van der Waals surface area (Å²) in [5, 5.41) is 10.3. The van der Waals surface area contributed by atoms with Crippen molar-refractivity contribution in [2.75, 3.05) is 6.54 Å². The highest BCUT2D eigenvalue weighted by atomic mass is 35.5. The van der Waals surface area contributed by atoms with Crippen LogP contribution in [-0.4, -0.2) is 17.7 Å². The van der Waals surface area contributed by atoms with Crippen LogP contribution in [0, 0.1) is 0 Å². The highest BCUT2D eigenvalue weighted by Gasteiger charge is 1.88. The normalized spacial score (nSPS) is 6.90. The first-order chi connectivity index (χ1) is 3.77. The minimum absolute atomic E-state index is 0. The number of carbonyl (C=O) groups is 1. The first-order valence-corrected chi connectivity index (χ1v) is 2.74. The van der Waals surface area contributed by atoms with Crippen LogP contribution in [0.3, 0.4) is 0 Å². The molecule has 0 aromatic heterocycles. The fourth-order valence-corrected chi connectivity index (χ4v) is 0.372. The number of halogens is 2. The minimum atomic E-state index is -0.932. The molecular weight excluding hydrogens is 177 g/mol. The molecule has 0 fully saturated rings. The van der Waals surface area contributed by atoms with Crippen LogP contribution in [0.2, 0.25) is 0 Å². The number of carboxylic acid groups (broad SMARTS) is 1. The zero-order chi connectivity index (χ0) is 6.41. The Kier molecular flexibility index (Phi) is 19.1. The molecule has 10 heavy (non-hydrogen) atoms. The number of rotatable bonds is 3. The summed E-state index contributed by atoms with van der Waals surface area (Å²) in [5.41, 5.74) is 0. The summed E-state index contributed by atoms with van der Waals surface area (Å²) in [4.78, 5) is 9.76. The molecule has 0 unspecified atom stereocenters. The van der Waals surface area contributed by atoms with Crippen molar-refractivity contribution in [2.24, 2.45) is 0 Å². The molecule has 0 saturated heterocycles. The summed E-state index contributed by atoms with van der Waals surface area (Å²) in [5.74, 6) is 0. The van der Waals surface area contributed by atoms with E-state index in [9.17, 15) is 4.79 Å². The summed E-state index contributed by atoms with van der Waals surface area (Å²) >= 11 is 0.